The fourth-order valence-electron chi connectivity index (χ4n) is 1.52. The minimum atomic E-state index is -1.00. The largest absolute Gasteiger partial charge is 0.465 e. The lowest BCUT2D eigenvalue weighted by atomic mass is 10.1. The number of aliphatic hydroxyl groups is 1. The van der Waals surface area contributed by atoms with Crippen molar-refractivity contribution >= 4 is 6.09 Å². The molecule has 3 atom stereocenters. The van der Waals surface area contributed by atoms with Gasteiger partial charge >= 0.3 is 6.09 Å². The van der Waals surface area contributed by atoms with Crippen molar-refractivity contribution in [3.05, 3.63) is 0 Å². The van der Waals surface area contributed by atoms with Gasteiger partial charge in [-0.25, -0.2) is 4.79 Å². The molecule has 3 N–H and O–H groups in total. The monoisotopic (exact) mass is 159 g/mol. The van der Waals surface area contributed by atoms with Crippen LogP contribution in [0, 0.1) is 5.92 Å². The molecule has 0 saturated heterocycles. The van der Waals surface area contributed by atoms with E-state index in [-0.39, 0.29) is 18.1 Å². The summed E-state index contributed by atoms with van der Waals surface area (Å²) in [7, 11) is 0. The average Bonchev–Trinajstić information content (AvgIpc) is 2.10. The van der Waals surface area contributed by atoms with Gasteiger partial charge in [-0.1, -0.05) is 6.92 Å². The third kappa shape index (κ3) is 2.08. The first-order chi connectivity index (χ1) is 5.09. The molecule has 0 aromatic rings. The van der Waals surface area contributed by atoms with E-state index in [1.54, 1.807) is 0 Å². The van der Waals surface area contributed by atoms with Crippen LogP contribution >= 0.6 is 0 Å². The molecule has 1 aliphatic rings. The smallest absolute Gasteiger partial charge is 0.404 e. The molecule has 1 saturated carbocycles. The molecule has 0 bridgehead atoms. The first-order valence-corrected chi connectivity index (χ1v) is 3.77. The van der Waals surface area contributed by atoms with E-state index in [2.05, 4.69) is 5.32 Å². The molecular weight excluding hydrogens is 146 g/mol. The van der Waals surface area contributed by atoms with E-state index in [1.165, 1.54) is 0 Å². The molecule has 0 heterocycles. The van der Waals surface area contributed by atoms with Crippen LogP contribution in [0.4, 0.5) is 4.79 Å². The molecule has 4 heteroatoms. The van der Waals surface area contributed by atoms with E-state index < -0.39 is 6.09 Å². The Bertz CT molecular complexity index is 150. The third-order valence-corrected chi connectivity index (χ3v) is 2.17. The summed E-state index contributed by atoms with van der Waals surface area (Å²) >= 11 is 0. The Morgan fingerprint density at radius 3 is 2.55 bits per heavy atom. The summed E-state index contributed by atoms with van der Waals surface area (Å²) < 4.78 is 0. The molecular formula is C7H13NO3. The molecule has 0 aliphatic heterocycles. The molecule has 0 spiro atoms. The second kappa shape index (κ2) is 3.09. The van der Waals surface area contributed by atoms with Gasteiger partial charge in [-0.05, 0) is 18.8 Å². The van der Waals surface area contributed by atoms with E-state index in [0.717, 1.165) is 6.42 Å². The Balaban J connectivity index is 2.35. The van der Waals surface area contributed by atoms with Gasteiger partial charge in [0.25, 0.3) is 0 Å². The molecule has 1 unspecified atom stereocenters. The molecule has 1 rings (SSSR count). The van der Waals surface area contributed by atoms with Crippen molar-refractivity contribution in [1.82, 2.24) is 5.32 Å². The van der Waals surface area contributed by atoms with Gasteiger partial charge in [0.2, 0.25) is 0 Å². The summed E-state index contributed by atoms with van der Waals surface area (Å²) in [6, 6.07) is -0.0579. The van der Waals surface area contributed by atoms with Gasteiger partial charge in [-0.2, -0.15) is 0 Å². The third-order valence-electron chi connectivity index (χ3n) is 2.17. The highest BCUT2D eigenvalue weighted by Gasteiger charge is 2.30. The number of carbonyl (C=O) groups is 1. The molecule has 64 valence electrons. The Morgan fingerprint density at radius 1 is 1.55 bits per heavy atom. The van der Waals surface area contributed by atoms with E-state index in [1.807, 2.05) is 6.92 Å². The lowest BCUT2D eigenvalue weighted by Gasteiger charge is -2.07. The van der Waals surface area contributed by atoms with Crippen molar-refractivity contribution in [2.24, 2.45) is 5.92 Å². The Kier molecular flexibility index (Phi) is 2.34. The van der Waals surface area contributed by atoms with Gasteiger partial charge in [0.15, 0.2) is 0 Å². The van der Waals surface area contributed by atoms with Crippen molar-refractivity contribution in [2.45, 2.75) is 31.9 Å². The highest BCUT2D eigenvalue weighted by molar-refractivity contribution is 5.64. The van der Waals surface area contributed by atoms with Crippen LogP contribution in [0.2, 0.25) is 0 Å². The number of nitrogens with one attached hydrogen (secondary N) is 1. The summed E-state index contributed by atoms with van der Waals surface area (Å²) in [6.07, 6.45) is -0.0517. The number of aliphatic hydroxyl groups excluding tert-OH is 1. The minimum Gasteiger partial charge on any atom is -0.465 e. The van der Waals surface area contributed by atoms with Crippen LogP contribution in [-0.2, 0) is 0 Å². The van der Waals surface area contributed by atoms with Gasteiger partial charge in [0.05, 0.1) is 6.10 Å². The number of hydrogen-bond donors (Lipinski definition) is 3. The van der Waals surface area contributed by atoms with Gasteiger partial charge in [-0.3, -0.25) is 0 Å². The zero-order valence-corrected chi connectivity index (χ0v) is 6.45. The summed E-state index contributed by atoms with van der Waals surface area (Å²) in [5.41, 5.74) is 0. The second-order valence-corrected chi connectivity index (χ2v) is 3.16. The topological polar surface area (TPSA) is 69.6 Å². The molecule has 4 nitrogen and oxygen atoms in total. The molecule has 0 aromatic heterocycles. The van der Waals surface area contributed by atoms with E-state index in [0.29, 0.717) is 6.42 Å². The maximum absolute atomic E-state index is 10.2. The van der Waals surface area contributed by atoms with E-state index >= 15 is 0 Å². The fourth-order valence-corrected chi connectivity index (χ4v) is 1.52. The van der Waals surface area contributed by atoms with Crippen molar-refractivity contribution < 1.29 is 15.0 Å². The van der Waals surface area contributed by atoms with Gasteiger partial charge < -0.3 is 15.5 Å². The summed E-state index contributed by atoms with van der Waals surface area (Å²) in [6.45, 7) is 1.92. The van der Waals surface area contributed by atoms with Crippen LogP contribution in [0.3, 0.4) is 0 Å². The van der Waals surface area contributed by atoms with Crippen LogP contribution in [0.1, 0.15) is 19.8 Å². The van der Waals surface area contributed by atoms with Crippen LogP contribution in [0.15, 0.2) is 0 Å². The highest BCUT2D eigenvalue weighted by Crippen LogP contribution is 2.25. The SMILES string of the molecule is C[C@H]1CC(NC(=O)O)C[C@@H]1O. The molecule has 1 aliphatic carbocycles. The normalized spacial score (nSPS) is 37.1. The maximum Gasteiger partial charge on any atom is 0.404 e. The van der Waals surface area contributed by atoms with Crippen molar-refractivity contribution in [1.29, 1.82) is 0 Å². The zero-order valence-electron chi connectivity index (χ0n) is 6.45. The predicted octanol–water partition coefficient (Wildman–Crippen LogP) is 0.413. The zero-order chi connectivity index (χ0) is 8.43. The van der Waals surface area contributed by atoms with Crippen molar-refractivity contribution in [3.8, 4) is 0 Å². The van der Waals surface area contributed by atoms with Crippen LogP contribution in [0.25, 0.3) is 0 Å². The summed E-state index contributed by atoms with van der Waals surface area (Å²) in [4.78, 5) is 10.2. The molecule has 0 aromatic carbocycles. The number of rotatable bonds is 1. The van der Waals surface area contributed by atoms with Gasteiger partial charge in [0.1, 0.15) is 0 Å². The van der Waals surface area contributed by atoms with Gasteiger partial charge in [0, 0.05) is 6.04 Å². The Labute approximate surface area is 65.2 Å². The lowest BCUT2D eigenvalue weighted by molar-refractivity contribution is 0.140. The summed E-state index contributed by atoms with van der Waals surface area (Å²) in [5, 5.41) is 20.0. The highest BCUT2D eigenvalue weighted by atomic mass is 16.4. The second-order valence-electron chi connectivity index (χ2n) is 3.16. The maximum atomic E-state index is 10.2. The first kappa shape index (κ1) is 8.33. The number of carboxylic acid groups (broad SMARTS) is 1. The molecule has 1 amide bonds. The van der Waals surface area contributed by atoms with Crippen LogP contribution in [-0.4, -0.2) is 28.5 Å². The van der Waals surface area contributed by atoms with Crippen molar-refractivity contribution in [3.63, 3.8) is 0 Å². The van der Waals surface area contributed by atoms with E-state index in [9.17, 15) is 9.90 Å². The lowest BCUT2D eigenvalue weighted by Crippen LogP contribution is -2.31. The molecule has 1 fully saturated rings. The standard InChI is InChI=1S/C7H13NO3/c1-4-2-5(3-6(4)9)8-7(10)11/h4-6,8-9H,2-3H2,1H3,(H,10,11)/t4-,5?,6-/m0/s1. The molecule has 11 heavy (non-hydrogen) atoms. The number of amides is 1. The minimum absolute atomic E-state index is 0.0579. The van der Waals surface area contributed by atoms with Crippen molar-refractivity contribution in [2.75, 3.05) is 0 Å². The van der Waals surface area contributed by atoms with Gasteiger partial charge in [-0.15, -0.1) is 0 Å². The first-order valence-electron chi connectivity index (χ1n) is 3.77. The molecule has 0 radical (unpaired) electrons. The van der Waals surface area contributed by atoms with Crippen LogP contribution < -0.4 is 5.32 Å². The Morgan fingerprint density at radius 2 is 2.18 bits per heavy atom. The number of hydrogen-bond acceptors (Lipinski definition) is 2. The Hall–Kier alpha value is -0.770. The predicted molar refractivity (Wildman–Crippen MR) is 39.4 cm³/mol. The summed E-state index contributed by atoms with van der Waals surface area (Å²) in [5.74, 6) is 0.215. The van der Waals surface area contributed by atoms with Crippen LogP contribution in [0.5, 0.6) is 0 Å². The van der Waals surface area contributed by atoms with E-state index in [4.69, 9.17) is 5.11 Å². The quantitative estimate of drug-likeness (QED) is 0.519. The fraction of sp³-hybridized carbons (Fsp3) is 0.857. The average molecular weight is 159 g/mol.